The number of ether oxygens (including phenoxy) is 1. The zero-order valence-corrected chi connectivity index (χ0v) is 28.4. The van der Waals surface area contributed by atoms with Crippen molar-refractivity contribution >= 4 is 58.8 Å². The van der Waals surface area contributed by atoms with Crippen molar-refractivity contribution in [3.05, 3.63) is 105 Å². The molecular formula is C36H37Cl2FN4O5. The van der Waals surface area contributed by atoms with Gasteiger partial charge in [-0.1, -0.05) is 47.1 Å². The molecule has 3 aliphatic rings. The van der Waals surface area contributed by atoms with E-state index in [2.05, 4.69) is 27.9 Å². The van der Waals surface area contributed by atoms with Crippen LogP contribution in [-0.4, -0.2) is 59.7 Å². The van der Waals surface area contributed by atoms with E-state index in [1.54, 1.807) is 51.1 Å². The summed E-state index contributed by atoms with van der Waals surface area (Å²) in [6, 6.07) is 15.9. The summed E-state index contributed by atoms with van der Waals surface area (Å²) < 4.78 is 20.2. The second-order valence-corrected chi connectivity index (χ2v) is 13.2. The number of nitrogens with one attached hydrogen (secondary N) is 2. The number of amides is 2. The lowest BCUT2D eigenvalue weighted by molar-refractivity contribution is -0.148. The third-order valence-corrected chi connectivity index (χ3v) is 8.65. The number of fused-ring (bicyclic) bond motifs is 1. The highest BCUT2D eigenvalue weighted by Gasteiger charge is 2.42. The highest BCUT2D eigenvalue weighted by Crippen LogP contribution is 2.37. The molecule has 0 aromatic heterocycles. The summed E-state index contributed by atoms with van der Waals surface area (Å²) in [4.78, 5) is 47.8. The highest BCUT2D eigenvalue weighted by atomic mass is 35.5. The molecule has 3 aliphatic heterocycles. The van der Waals surface area contributed by atoms with Gasteiger partial charge in [0.15, 0.2) is 5.82 Å². The van der Waals surface area contributed by atoms with Crippen LogP contribution in [0.2, 0.25) is 5.02 Å². The maximum absolute atomic E-state index is 14.8. The fourth-order valence-corrected chi connectivity index (χ4v) is 6.35. The maximum atomic E-state index is 14.8. The van der Waals surface area contributed by atoms with E-state index in [4.69, 9.17) is 21.2 Å². The van der Waals surface area contributed by atoms with Gasteiger partial charge in [-0.15, -0.1) is 12.4 Å². The summed E-state index contributed by atoms with van der Waals surface area (Å²) in [7, 11) is 0. The smallest absolute Gasteiger partial charge is 0.338 e. The van der Waals surface area contributed by atoms with E-state index in [1.165, 1.54) is 22.6 Å². The van der Waals surface area contributed by atoms with Gasteiger partial charge in [0.1, 0.15) is 11.6 Å². The molecular weight excluding hydrogens is 658 g/mol. The highest BCUT2D eigenvalue weighted by molar-refractivity contribution is 6.31. The van der Waals surface area contributed by atoms with Gasteiger partial charge in [-0.3, -0.25) is 9.59 Å². The van der Waals surface area contributed by atoms with Crippen molar-refractivity contribution < 1.29 is 28.3 Å². The number of anilines is 1. The lowest BCUT2D eigenvalue weighted by atomic mass is 9.84. The van der Waals surface area contributed by atoms with Gasteiger partial charge in [0, 0.05) is 30.8 Å². The van der Waals surface area contributed by atoms with Crippen LogP contribution < -0.4 is 10.6 Å². The number of carbonyl (C=O) groups is 3. The minimum Gasteiger partial charge on any atom is -0.456 e. The number of halogens is 3. The minimum absolute atomic E-state index is 0. The standard InChI is InChI=1S/C36H36ClFN4O5.ClH/c1-36(2,3)46-35(45)22-10-12-23(13-11-22)40-33(43)32-26-7-4-6-24(21-14-17-39-18-15-21)25(26)16-19-42(32)34(44)30-20-29(41-47-30)27-8-5-9-28(37)31(27)38;/h4-14,30,32,39H,15-20H2,1-3H3,(H,40,43);1H/t30?,32-;/m0./s1. The molecule has 2 N–H and O–H groups in total. The van der Waals surface area contributed by atoms with Gasteiger partial charge in [0.25, 0.3) is 11.8 Å². The first-order chi connectivity index (χ1) is 22.5. The molecule has 1 unspecified atom stereocenters. The Morgan fingerprint density at radius 1 is 1.04 bits per heavy atom. The van der Waals surface area contributed by atoms with Gasteiger partial charge in [-0.05, 0) is 98.8 Å². The Kier molecular flexibility index (Phi) is 10.6. The Labute approximate surface area is 289 Å². The van der Waals surface area contributed by atoms with Gasteiger partial charge < -0.3 is 25.1 Å². The molecule has 0 aliphatic carbocycles. The second kappa shape index (κ2) is 14.5. The van der Waals surface area contributed by atoms with Crippen molar-refractivity contribution in [2.75, 3.05) is 25.0 Å². The second-order valence-electron chi connectivity index (χ2n) is 12.7. The molecule has 3 aromatic rings. The van der Waals surface area contributed by atoms with E-state index in [0.717, 1.165) is 36.2 Å². The molecule has 48 heavy (non-hydrogen) atoms. The summed E-state index contributed by atoms with van der Waals surface area (Å²) in [6.45, 7) is 7.27. The van der Waals surface area contributed by atoms with Gasteiger partial charge in [-0.2, -0.15) is 0 Å². The molecule has 0 radical (unpaired) electrons. The van der Waals surface area contributed by atoms with Crippen molar-refractivity contribution in [1.29, 1.82) is 0 Å². The number of carbonyl (C=O) groups excluding carboxylic acids is 3. The normalized spacial score (nSPS) is 18.8. The largest absolute Gasteiger partial charge is 0.456 e. The van der Waals surface area contributed by atoms with Crippen LogP contribution in [0.1, 0.15) is 72.3 Å². The molecule has 6 rings (SSSR count). The third-order valence-electron chi connectivity index (χ3n) is 8.36. The van der Waals surface area contributed by atoms with Crippen LogP contribution in [0.5, 0.6) is 0 Å². The van der Waals surface area contributed by atoms with Crippen LogP contribution in [0.15, 0.2) is 71.9 Å². The van der Waals surface area contributed by atoms with Crippen molar-refractivity contribution in [3.8, 4) is 0 Å². The zero-order valence-electron chi connectivity index (χ0n) is 26.8. The monoisotopic (exact) mass is 694 g/mol. The Morgan fingerprint density at radius 3 is 2.48 bits per heavy atom. The van der Waals surface area contributed by atoms with E-state index in [0.29, 0.717) is 17.7 Å². The minimum atomic E-state index is -1.04. The number of rotatable bonds is 6. The Balaban J connectivity index is 0.00000451. The van der Waals surface area contributed by atoms with Crippen LogP contribution in [0.3, 0.4) is 0 Å². The number of benzene rings is 3. The van der Waals surface area contributed by atoms with Gasteiger partial charge in [0.05, 0.1) is 16.3 Å². The predicted octanol–water partition coefficient (Wildman–Crippen LogP) is 6.49. The Bertz CT molecular complexity index is 1790. The van der Waals surface area contributed by atoms with Crippen molar-refractivity contribution in [1.82, 2.24) is 10.2 Å². The first kappa shape index (κ1) is 35.1. The SMILES string of the molecule is CC(C)(C)OC(=O)c1ccc(NC(=O)[C@@H]2c3cccc(C4=CCNCC4)c3CCN2C(=O)C2CC(c3cccc(Cl)c3F)=NO2)cc1.Cl. The van der Waals surface area contributed by atoms with E-state index in [9.17, 15) is 18.8 Å². The van der Waals surface area contributed by atoms with Crippen LogP contribution in [0.25, 0.3) is 5.57 Å². The molecule has 0 spiro atoms. The lowest BCUT2D eigenvalue weighted by Gasteiger charge is -2.38. The predicted molar refractivity (Wildman–Crippen MR) is 185 cm³/mol. The lowest BCUT2D eigenvalue weighted by Crippen LogP contribution is -2.49. The number of oxime groups is 1. The number of hydrogen-bond donors (Lipinski definition) is 2. The summed E-state index contributed by atoms with van der Waals surface area (Å²) in [5.41, 5.74) is 4.63. The summed E-state index contributed by atoms with van der Waals surface area (Å²) in [6.07, 6.45) is 2.55. The summed E-state index contributed by atoms with van der Waals surface area (Å²) >= 11 is 5.98. The summed E-state index contributed by atoms with van der Waals surface area (Å²) in [5.74, 6) is -1.94. The van der Waals surface area contributed by atoms with Gasteiger partial charge in [0.2, 0.25) is 6.10 Å². The average molecular weight is 696 g/mol. The fourth-order valence-electron chi connectivity index (χ4n) is 6.18. The number of esters is 1. The molecule has 0 fully saturated rings. The average Bonchev–Trinajstić information content (AvgIpc) is 3.55. The van der Waals surface area contributed by atoms with E-state index in [1.807, 2.05) is 12.1 Å². The van der Waals surface area contributed by atoms with Crippen LogP contribution in [0, 0.1) is 5.82 Å². The number of hydrogen-bond acceptors (Lipinski definition) is 7. The molecule has 0 bridgehead atoms. The quantitative estimate of drug-likeness (QED) is 0.286. The molecule has 12 heteroatoms. The van der Waals surface area contributed by atoms with E-state index >= 15 is 0 Å². The first-order valence-corrected chi connectivity index (χ1v) is 16.0. The summed E-state index contributed by atoms with van der Waals surface area (Å²) in [5, 5.41) is 10.3. The molecule has 3 heterocycles. The first-order valence-electron chi connectivity index (χ1n) is 15.6. The fraction of sp³-hybridized carbons (Fsp3) is 0.333. The van der Waals surface area contributed by atoms with Crippen LogP contribution in [-0.2, 0) is 25.6 Å². The molecule has 2 amide bonds. The van der Waals surface area contributed by atoms with Crippen LogP contribution >= 0.6 is 24.0 Å². The molecule has 0 saturated heterocycles. The topological polar surface area (TPSA) is 109 Å². The molecule has 3 aromatic carbocycles. The molecule has 9 nitrogen and oxygen atoms in total. The van der Waals surface area contributed by atoms with Crippen molar-refractivity contribution in [3.63, 3.8) is 0 Å². The Morgan fingerprint density at radius 2 is 1.77 bits per heavy atom. The van der Waals surface area contributed by atoms with Crippen molar-refractivity contribution in [2.24, 2.45) is 5.16 Å². The molecule has 0 saturated carbocycles. The molecule has 2 atom stereocenters. The van der Waals surface area contributed by atoms with Crippen LogP contribution in [0.4, 0.5) is 10.1 Å². The number of nitrogens with zero attached hydrogens (tertiary/aromatic N) is 2. The van der Waals surface area contributed by atoms with E-state index < -0.39 is 41.3 Å². The van der Waals surface area contributed by atoms with Gasteiger partial charge in [-0.25, -0.2) is 9.18 Å². The maximum Gasteiger partial charge on any atom is 0.338 e. The van der Waals surface area contributed by atoms with Crippen molar-refractivity contribution in [2.45, 2.75) is 57.8 Å². The van der Waals surface area contributed by atoms with E-state index in [-0.39, 0.29) is 41.7 Å². The molecule has 252 valence electrons. The third kappa shape index (κ3) is 7.41. The van der Waals surface area contributed by atoms with Gasteiger partial charge >= 0.3 is 5.97 Å². The zero-order chi connectivity index (χ0) is 33.3. The Hall–Kier alpha value is -4.25.